The third kappa shape index (κ3) is 6.48. The largest absolute Gasteiger partial charge is 0.369 e. The van der Waals surface area contributed by atoms with Crippen LogP contribution in [0, 0.1) is 28.6 Å². The van der Waals surface area contributed by atoms with Crippen LogP contribution in [0.25, 0.3) is 0 Å². The molecule has 1 saturated carbocycles. The summed E-state index contributed by atoms with van der Waals surface area (Å²) in [4.78, 5) is 16.7. The summed E-state index contributed by atoms with van der Waals surface area (Å²) in [6, 6.07) is 12.4. The van der Waals surface area contributed by atoms with E-state index in [2.05, 4.69) is 27.3 Å². The molecule has 1 aromatic rings. The highest BCUT2D eigenvalue weighted by Crippen LogP contribution is 2.27. The lowest BCUT2D eigenvalue weighted by Gasteiger charge is -2.37. The SMILES string of the molecule is N#CCCC(=O)NC1CCC(CCN2CCN(c3cccc(C#N)c3)CC2)CC1. The molecule has 2 fully saturated rings. The van der Waals surface area contributed by atoms with Crippen LogP contribution in [-0.4, -0.2) is 49.6 Å². The number of hydrogen-bond donors (Lipinski definition) is 1. The van der Waals surface area contributed by atoms with Crippen molar-refractivity contribution < 1.29 is 4.79 Å². The molecule has 6 nitrogen and oxygen atoms in total. The van der Waals surface area contributed by atoms with Crippen LogP contribution in [0.1, 0.15) is 50.5 Å². The smallest absolute Gasteiger partial charge is 0.221 e. The number of hydrogen-bond acceptors (Lipinski definition) is 5. The van der Waals surface area contributed by atoms with Crippen molar-refractivity contribution in [3.8, 4) is 12.1 Å². The minimum absolute atomic E-state index is 0.0215. The Balaban J connectivity index is 1.33. The fourth-order valence-electron chi connectivity index (χ4n) is 4.43. The molecule has 1 amide bonds. The monoisotopic (exact) mass is 393 g/mol. The van der Waals surface area contributed by atoms with Gasteiger partial charge < -0.3 is 10.2 Å². The van der Waals surface area contributed by atoms with Gasteiger partial charge in [0.05, 0.1) is 17.7 Å². The lowest BCUT2D eigenvalue weighted by molar-refractivity contribution is -0.122. The molecule has 0 radical (unpaired) electrons. The van der Waals surface area contributed by atoms with Crippen LogP contribution < -0.4 is 10.2 Å². The Morgan fingerprint density at radius 2 is 1.86 bits per heavy atom. The minimum Gasteiger partial charge on any atom is -0.369 e. The number of rotatable bonds is 7. The molecule has 1 aliphatic heterocycles. The highest BCUT2D eigenvalue weighted by Gasteiger charge is 2.24. The van der Waals surface area contributed by atoms with Gasteiger partial charge in [-0.25, -0.2) is 0 Å². The van der Waals surface area contributed by atoms with E-state index < -0.39 is 0 Å². The number of nitriles is 2. The van der Waals surface area contributed by atoms with Crippen LogP contribution in [-0.2, 0) is 4.79 Å². The summed E-state index contributed by atoms with van der Waals surface area (Å²) in [6.07, 6.45) is 6.35. The Morgan fingerprint density at radius 1 is 1.10 bits per heavy atom. The lowest BCUT2D eigenvalue weighted by atomic mass is 9.84. The van der Waals surface area contributed by atoms with Crippen molar-refractivity contribution in [2.45, 2.75) is 51.0 Å². The Labute approximate surface area is 174 Å². The molecule has 0 aromatic heterocycles. The second kappa shape index (κ2) is 10.8. The Morgan fingerprint density at radius 3 is 2.55 bits per heavy atom. The topological polar surface area (TPSA) is 83.2 Å². The second-order valence-corrected chi connectivity index (χ2v) is 8.22. The predicted molar refractivity (Wildman–Crippen MR) is 113 cm³/mol. The molecule has 0 unspecified atom stereocenters. The maximum Gasteiger partial charge on any atom is 0.221 e. The van der Waals surface area contributed by atoms with Gasteiger partial charge in [0.25, 0.3) is 0 Å². The van der Waals surface area contributed by atoms with Crippen LogP contribution >= 0.6 is 0 Å². The molecule has 1 aliphatic carbocycles. The van der Waals surface area contributed by atoms with Gasteiger partial charge in [-0.05, 0) is 62.8 Å². The minimum atomic E-state index is 0.0215. The number of nitrogens with one attached hydrogen (secondary N) is 1. The zero-order valence-electron chi connectivity index (χ0n) is 17.1. The van der Waals surface area contributed by atoms with Crippen molar-refractivity contribution in [3.63, 3.8) is 0 Å². The van der Waals surface area contributed by atoms with E-state index in [0.717, 1.165) is 62.7 Å². The van der Waals surface area contributed by atoms with Crippen LogP contribution in [0.15, 0.2) is 24.3 Å². The van der Waals surface area contributed by atoms with Crippen molar-refractivity contribution in [1.82, 2.24) is 10.2 Å². The zero-order chi connectivity index (χ0) is 20.5. The fraction of sp³-hybridized carbons (Fsp3) is 0.609. The average Bonchev–Trinajstić information content (AvgIpc) is 2.77. The summed E-state index contributed by atoms with van der Waals surface area (Å²) in [5, 5.41) is 20.7. The molecule has 0 bridgehead atoms. The second-order valence-electron chi connectivity index (χ2n) is 8.22. The first kappa shape index (κ1) is 21.1. The number of benzene rings is 1. The zero-order valence-corrected chi connectivity index (χ0v) is 17.1. The number of nitrogens with zero attached hydrogens (tertiary/aromatic N) is 4. The summed E-state index contributed by atoms with van der Waals surface area (Å²) in [5.41, 5.74) is 1.88. The molecule has 1 N–H and O–H groups in total. The number of carbonyl (C=O) groups excluding carboxylic acids is 1. The van der Waals surface area contributed by atoms with Gasteiger partial charge in [0.15, 0.2) is 0 Å². The lowest BCUT2D eigenvalue weighted by Crippen LogP contribution is -2.47. The van der Waals surface area contributed by atoms with Crippen LogP contribution in [0.4, 0.5) is 5.69 Å². The predicted octanol–water partition coefficient (Wildman–Crippen LogP) is 3.05. The van der Waals surface area contributed by atoms with Gasteiger partial charge >= 0.3 is 0 Å². The van der Waals surface area contributed by atoms with Crippen LogP contribution in [0.3, 0.4) is 0 Å². The van der Waals surface area contributed by atoms with Gasteiger partial charge in [-0.1, -0.05) is 6.07 Å². The van der Waals surface area contributed by atoms with Gasteiger partial charge in [0.1, 0.15) is 0 Å². The summed E-state index contributed by atoms with van der Waals surface area (Å²) in [5.74, 6) is 0.778. The molecule has 3 rings (SSSR count). The molecule has 1 aromatic carbocycles. The molecule has 0 spiro atoms. The van der Waals surface area contributed by atoms with E-state index in [0.29, 0.717) is 18.9 Å². The quantitative estimate of drug-likeness (QED) is 0.770. The number of carbonyl (C=O) groups is 1. The molecule has 0 atom stereocenters. The molecule has 154 valence electrons. The summed E-state index contributed by atoms with van der Waals surface area (Å²) >= 11 is 0. The molecular weight excluding hydrogens is 362 g/mol. The van der Waals surface area contributed by atoms with E-state index in [4.69, 9.17) is 10.5 Å². The first-order valence-corrected chi connectivity index (χ1v) is 10.8. The first-order valence-electron chi connectivity index (χ1n) is 10.8. The van der Waals surface area contributed by atoms with E-state index in [9.17, 15) is 4.79 Å². The first-order chi connectivity index (χ1) is 14.2. The third-order valence-electron chi connectivity index (χ3n) is 6.24. The fourth-order valence-corrected chi connectivity index (χ4v) is 4.43. The third-order valence-corrected chi connectivity index (χ3v) is 6.24. The number of piperazine rings is 1. The van der Waals surface area contributed by atoms with E-state index in [1.54, 1.807) is 0 Å². The van der Waals surface area contributed by atoms with Gasteiger partial charge in [0.2, 0.25) is 5.91 Å². The highest BCUT2D eigenvalue weighted by atomic mass is 16.1. The van der Waals surface area contributed by atoms with Crippen LogP contribution in [0.2, 0.25) is 0 Å². The van der Waals surface area contributed by atoms with Gasteiger partial charge in [0, 0.05) is 50.7 Å². The van der Waals surface area contributed by atoms with Gasteiger partial charge in [-0.15, -0.1) is 0 Å². The van der Waals surface area contributed by atoms with E-state index >= 15 is 0 Å². The molecule has 29 heavy (non-hydrogen) atoms. The number of amides is 1. The van der Waals surface area contributed by atoms with Crippen molar-refractivity contribution in [2.75, 3.05) is 37.6 Å². The summed E-state index contributed by atoms with van der Waals surface area (Å²) in [7, 11) is 0. The highest BCUT2D eigenvalue weighted by molar-refractivity contribution is 5.76. The van der Waals surface area contributed by atoms with Crippen molar-refractivity contribution >= 4 is 11.6 Å². The van der Waals surface area contributed by atoms with Gasteiger partial charge in [-0.2, -0.15) is 10.5 Å². The average molecular weight is 394 g/mol. The normalized spacial score (nSPS) is 22.5. The van der Waals surface area contributed by atoms with E-state index in [-0.39, 0.29) is 5.91 Å². The molecule has 6 heteroatoms. The standard InChI is InChI=1S/C23H31N5O/c24-11-2-5-23(29)26-21-8-6-19(7-9-21)10-12-27-13-15-28(16-14-27)22-4-1-3-20(17-22)18-25/h1,3-4,17,19,21H,2,5-10,12-16H2,(H,26,29). The Kier molecular flexibility index (Phi) is 7.90. The molecule has 1 saturated heterocycles. The molecule has 2 aliphatic rings. The van der Waals surface area contributed by atoms with E-state index in [1.165, 1.54) is 19.3 Å². The van der Waals surface area contributed by atoms with Crippen molar-refractivity contribution in [3.05, 3.63) is 29.8 Å². The molecule has 1 heterocycles. The van der Waals surface area contributed by atoms with E-state index in [1.807, 2.05) is 24.3 Å². The van der Waals surface area contributed by atoms with Crippen molar-refractivity contribution in [1.29, 1.82) is 10.5 Å². The summed E-state index contributed by atoms with van der Waals surface area (Å²) < 4.78 is 0. The Bertz CT molecular complexity index is 749. The maximum absolute atomic E-state index is 11.8. The Hall–Kier alpha value is -2.57. The maximum atomic E-state index is 11.8. The van der Waals surface area contributed by atoms with Crippen LogP contribution in [0.5, 0.6) is 0 Å². The van der Waals surface area contributed by atoms with Gasteiger partial charge in [-0.3, -0.25) is 9.69 Å². The molecular formula is C23H31N5O. The van der Waals surface area contributed by atoms with Crippen molar-refractivity contribution in [2.24, 2.45) is 5.92 Å². The summed E-state index contributed by atoms with van der Waals surface area (Å²) in [6.45, 7) is 5.31. The number of anilines is 1.